The van der Waals surface area contributed by atoms with Gasteiger partial charge in [0.25, 0.3) is 5.91 Å². The van der Waals surface area contributed by atoms with E-state index < -0.39 is 5.97 Å². The number of hydrogen-bond acceptors (Lipinski definition) is 3. The number of allylic oxidation sites excluding steroid dienone is 3. The van der Waals surface area contributed by atoms with Crippen molar-refractivity contribution in [2.24, 2.45) is 16.9 Å². The van der Waals surface area contributed by atoms with Crippen LogP contribution in [0.3, 0.4) is 0 Å². The van der Waals surface area contributed by atoms with E-state index in [1.165, 1.54) is 0 Å². The lowest BCUT2D eigenvalue weighted by atomic mass is 9.77. The molecule has 112 valence electrons. The molecule has 0 spiro atoms. The number of fused-ring (bicyclic) bond motifs is 1. The first-order valence-corrected chi connectivity index (χ1v) is 7.13. The molecular formula is C17H16N2O3. The second-order valence-corrected chi connectivity index (χ2v) is 5.55. The molecule has 2 atom stereocenters. The van der Waals surface area contributed by atoms with Crippen LogP contribution in [0.5, 0.6) is 0 Å². The van der Waals surface area contributed by atoms with Crippen molar-refractivity contribution in [3.63, 3.8) is 0 Å². The highest BCUT2D eigenvalue weighted by Gasteiger charge is 2.34. The summed E-state index contributed by atoms with van der Waals surface area (Å²) < 4.78 is 0. The van der Waals surface area contributed by atoms with Gasteiger partial charge >= 0.3 is 5.97 Å². The molecule has 2 N–H and O–H groups in total. The third-order valence-electron chi connectivity index (χ3n) is 3.99. The van der Waals surface area contributed by atoms with Crippen molar-refractivity contribution in [1.29, 1.82) is 0 Å². The van der Waals surface area contributed by atoms with Crippen LogP contribution < -0.4 is 5.43 Å². The topological polar surface area (TPSA) is 78.8 Å². The summed E-state index contributed by atoms with van der Waals surface area (Å²) in [6.07, 6.45) is 5.78. The van der Waals surface area contributed by atoms with Gasteiger partial charge in [0.15, 0.2) is 0 Å². The average Bonchev–Trinajstić information content (AvgIpc) is 2.49. The number of hydrogen-bond donors (Lipinski definition) is 2. The second-order valence-electron chi connectivity index (χ2n) is 5.55. The molecule has 3 rings (SSSR count). The maximum absolute atomic E-state index is 11.9. The van der Waals surface area contributed by atoms with Gasteiger partial charge in [0.2, 0.25) is 0 Å². The highest BCUT2D eigenvalue weighted by molar-refractivity contribution is 6.13. The number of carboxylic acid groups (broad SMARTS) is 1. The summed E-state index contributed by atoms with van der Waals surface area (Å²) in [5, 5.41) is 13.0. The molecule has 5 heteroatoms. The Morgan fingerprint density at radius 2 is 2.05 bits per heavy atom. The summed E-state index contributed by atoms with van der Waals surface area (Å²) in [5.41, 5.74) is 5.71. The van der Waals surface area contributed by atoms with Crippen molar-refractivity contribution in [1.82, 2.24) is 5.43 Å². The summed E-state index contributed by atoms with van der Waals surface area (Å²) in [7, 11) is 0. The zero-order chi connectivity index (χ0) is 15.7. The van der Waals surface area contributed by atoms with Crippen LogP contribution in [-0.4, -0.2) is 22.7 Å². The highest BCUT2D eigenvalue weighted by Crippen LogP contribution is 2.32. The molecule has 0 fully saturated rings. The van der Waals surface area contributed by atoms with E-state index in [9.17, 15) is 9.59 Å². The monoisotopic (exact) mass is 296 g/mol. The third kappa shape index (κ3) is 2.57. The van der Waals surface area contributed by atoms with E-state index in [-0.39, 0.29) is 24.2 Å². The van der Waals surface area contributed by atoms with E-state index in [1.807, 2.05) is 24.3 Å². The minimum Gasteiger partial charge on any atom is -0.481 e. The highest BCUT2D eigenvalue weighted by atomic mass is 16.4. The predicted octanol–water partition coefficient (Wildman–Crippen LogP) is 1.90. The molecule has 1 aromatic carbocycles. The van der Waals surface area contributed by atoms with Crippen LogP contribution in [0.25, 0.3) is 0 Å². The quantitative estimate of drug-likeness (QED) is 0.894. The van der Waals surface area contributed by atoms with Crippen LogP contribution in [0.1, 0.15) is 18.1 Å². The summed E-state index contributed by atoms with van der Waals surface area (Å²) in [6.45, 7) is 2.06. The number of carbonyl (C=O) groups excluding carboxylic acids is 1. The van der Waals surface area contributed by atoms with Crippen molar-refractivity contribution in [3.05, 3.63) is 59.2 Å². The van der Waals surface area contributed by atoms with Crippen LogP contribution in [0.15, 0.2) is 53.2 Å². The fraction of sp³-hybridized carbons (Fsp3) is 0.235. The Morgan fingerprint density at radius 3 is 2.73 bits per heavy atom. The van der Waals surface area contributed by atoms with Gasteiger partial charge in [-0.2, -0.15) is 5.10 Å². The number of rotatable bonds is 3. The molecule has 2 aliphatic rings. The minimum absolute atomic E-state index is 0.00276. The molecule has 5 nitrogen and oxygen atoms in total. The SMILES string of the molecule is CC1C=CC=C2C(=O)NN=C(c3ccc(CC(=O)O)cc3)C21. The summed E-state index contributed by atoms with van der Waals surface area (Å²) in [5.74, 6) is -0.897. The number of nitrogens with zero attached hydrogens (tertiary/aromatic N) is 1. The van der Waals surface area contributed by atoms with Crippen LogP contribution in [0.4, 0.5) is 0 Å². The average molecular weight is 296 g/mol. The molecule has 0 saturated heterocycles. The van der Waals surface area contributed by atoms with Crippen LogP contribution in [-0.2, 0) is 16.0 Å². The fourth-order valence-electron chi connectivity index (χ4n) is 2.90. The number of amides is 1. The van der Waals surface area contributed by atoms with Gasteiger partial charge in [0, 0.05) is 11.5 Å². The van der Waals surface area contributed by atoms with Crippen LogP contribution >= 0.6 is 0 Å². The fourth-order valence-corrected chi connectivity index (χ4v) is 2.90. The van der Waals surface area contributed by atoms with Gasteiger partial charge in [-0.3, -0.25) is 9.59 Å². The van der Waals surface area contributed by atoms with Gasteiger partial charge in [0.05, 0.1) is 12.1 Å². The molecule has 2 unspecified atom stereocenters. The smallest absolute Gasteiger partial charge is 0.307 e. The predicted molar refractivity (Wildman–Crippen MR) is 82.3 cm³/mol. The number of hydrazone groups is 1. The molecule has 22 heavy (non-hydrogen) atoms. The van der Waals surface area contributed by atoms with Crippen molar-refractivity contribution >= 4 is 17.6 Å². The van der Waals surface area contributed by atoms with E-state index in [1.54, 1.807) is 12.1 Å². The van der Waals surface area contributed by atoms with Crippen molar-refractivity contribution in [2.45, 2.75) is 13.3 Å². The van der Waals surface area contributed by atoms with Gasteiger partial charge < -0.3 is 5.11 Å². The Morgan fingerprint density at radius 1 is 1.32 bits per heavy atom. The lowest BCUT2D eigenvalue weighted by Crippen LogP contribution is -2.39. The number of carbonyl (C=O) groups is 2. The standard InChI is InChI=1S/C17H16N2O3/c1-10-3-2-4-13-15(10)16(18-19-17(13)22)12-7-5-11(6-8-12)9-14(20)21/h2-8,10,15H,9H2,1H3,(H,19,22)(H,20,21). The maximum Gasteiger partial charge on any atom is 0.307 e. The molecule has 1 aliphatic carbocycles. The number of carboxylic acids is 1. The molecule has 1 aliphatic heterocycles. The second kappa shape index (κ2) is 5.60. The number of benzene rings is 1. The number of nitrogens with one attached hydrogen (secondary N) is 1. The summed E-state index contributed by atoms with van der Waals surface area (Å²) in [4.78, 5) is 22.7. The normalized spacial score (nSPS) is 23.2. The number of aliphatic carboxylic acids is 1. The Bertz CT molecular complexity index is 714. The summed E-state index contributed by atoms with van der Waals surface area (Å²) in [6, 6.07) is 7.29. The van der Waals surface area contributed by atoms with Gasteiger partial charge in [-0.25, -0.2) is 5.43 Å². The molecule has 1 amide bonds. The minimum atomic E-state index is -0.855. The Balaban J connectivity index is 1.94. The molecule has 1 heterocycles. The van der Waals surface area contributed by atoms with Gasteiger partial charge in [-0.1, -0.05) is 49.4 Å². The molecule has 0 aromatic heterocycles. The first-order valence-electron chi connectivity index (χ1n) is 7.13. The molecule has 0 saturated carbocycles. The van der Waals surface area contributed by atoms with E-state index >= 15 is 0 Å². The lowest BCUT2D eigenvalue weighted by Gasteiger charge is -2.30. The first kappa shape index (κ1) is 14.3. The van der Waals surface area contributed by atoms with Crippen LogP contribution in [0.2, 0.25) is 0 Å². The molecule has 0 bridgehead atoms. The maximum atomic E-state index is 11.9. The Kier molecular flexibility index (Phi) is 3.63. The molecule has 1 aromatic rings. The van der Waals surface area contributed by atoms with Gasteiger partial charge in [-0.05, 0) is 17.0 Å². The zero-order valence-electron chi connectivity index (χ0n) is 12.1. The van der Waals surface area contributed by atoms with E-state index in [0.29, 0.717) is 0 Å². The lowest BCUT2D eigenvalue weighted by molar-refractivity contribution is -0.136. The Labute approximate surface area is 128 Å². The largest absolute Gasteiger partial charge is 0.481 e. The van der Waals surface area contributed by atoms with E-state index in [0.717, 1.165) is 22.4 Å². The van der Waals surface area contributed by atoms with Crippen molar-refractivity contribution in [3.8, 4) is 0 Å². The van der Waals surface area contributed by atoms with E-state index in [4.69, 9.17) is 5.11 Å². The van der Waals surface area contributed by atoms with Crippen molar-refractivity contribution < 1.29 is 14.7 Å². The van der Waals surface area contributed by atoms with Crippen molar-refractivity contribution in [2.75, 3.05) is 0 Å². The first-order chi connectivity index (χ1) is 10.6. The van der Waals surface area contributed by atoms with Gasteiger partial charge in [0.1, 0.15) is 0 Å². The zero-order valence-corrected chi connectivity index (χ0v) is 12.1. The molecular weight excluding hydrogens is 280 g/mol. The van der Waals surface area contributed by atoms with E-state index in [2.05, 4.69) is 23.5 Å². The summed E-state index contributed by atoms with van der Waals surface area (Å²) >= 11 is 0. The van der Waals surface area contributed by atoms with Gasteiger partial charge in [-0.15, -0.1) is 0 Å². The Hall–Kier alpha value is -2.69. The van der Waals surface area contributed by atoms with Crippen LogP contribution in [0, 0.1) is 11.8 Å². The third-order valence-corrected chi connectivity index (χ3v) is 3.99. The molecule has 0 radical (unpaired) electrons.